The van der Waals surface area contributed by atoms with Gasteiger partial charge in [0.05, 0.1) is 7.11 Å². The molecule has 1 heterocycles. The number of aliphatic hydroxyl groups is 1. The van der Waals surface area contributed by atoms with Gasteiger partial charge in [0.2, 0.25) is 0 Å². The minimum Gasteiger partial charge on any atom is -0.496 e. The standard InChI is InChI=1S/C17H26F2N2O2.ClH/c1-12(2)13-4-5-15(23-3)14(10-13)16(17(18,19)11-22)21-8-6-20-7-9-21;/h4-5,10,12,16,20,22H,6-9,11H2,1-3H3;1H/t16-;/m1./s1. The van der Waals surface area contributed by atoms with E-state index in [9.17, 15) is 13.9 Å². The highest BCUT2D eigenvalue weighted by atomic mass is 35.5. The van der Waals surface area contributed by atoms with Crippen molar-refractivity contribution in [2.24, 2.45) is 0 Å². The van der Waals surface area contributed by atoms with Gasteiger partial charge < -0.3 is 15.2 Å². The Bertz CT molecular complexity index is 523. The number of benzene rings is 1. The third kappa shape index (κ3) is 4.57. The number of halogens is 3. The predicted molar refractivity (Wildman–Crippen MR) is 93.5 cm³/mol. The van der Waals surface area contributed by atoms with E-state index in [0.717, 1.165) is 5.56 Å². The smallest absolute Gasteiger partial charge is 0.290 e. The van der Waals surface area contributed by atoms with E-state index >= 15 is 0 Å². The van der Waals surface area contributed by atoms with Gasteiger partial charge in [-0.1, -0.05) is 26.0 Å². The van der Waals surface area contributed by atoms with Crippen molar-refractivity contribution in [1.82, 2.24) is 10.2 Å². The van der Waals surface area contributed by atoms with Gasteiger partial charge in [0.1, 0.15) is 18.4 Å². The number of hydrogen-bond donors (Lipinski definition) is 2. The van der Waals surface area contributed by atoms with Crippen molar-refractivity contribution >= 4 is 12.4 Å². The van der Waals surface area contributed by atoms with Gasteiger partial charge in [-0.3, -0.25) is 4.90 Å². The largest absolute Gasteiger partial charge is 0.496 e. The monoisotopic (exact) mass is 364 g/mol. The lowest BCUT2D eigenvalue weighted by molar-refractivity contribution is -0.119. The summed E-state index contributed by atoms with van der Waals surface area (Å²) < 4.78 is 34.5. The van der Waals surface area contributed by atoms with Crippen LogP contribution in [0.1, 0.15) is 36.9 Å². The van der Waals surface area contributed by atoms with Crippen molar-refractivity contribution in [1.29, 1.82) is 0 Å². The van der Waals surface area contributed by atoms with E-state index in [4.69, 9.17) is 4.74 Å². The second-order valence-electron chi connectivity index (χ2n) is 6.26. The van der Waals surface area contributed by atoms with Gasteiger partial charge in [-0.05, 0) is 17.5 Å². The molecule has 2 rings (SSSR count). The third-order valence-electron chi connectivity index (χ3n) is 4.34. The lowest BCUT2D eigenvalue weighted by atomic mass is 9.92. The molecule has 1 fully saturated rings. The summed E-state index contributed by atoms with van der Waals surface area (Å²) in [5.74, 6) is -2.57. The number of nitrogens with one attached hydrogen (secondary N) is 1. The lowest BCUT2D eigenvalue weighted by Crippen LogP contribution is -2.51. The van der Waals surface area contributed by atoms with Crippen LogP contribution in [0.5, 0.6) is 5.75 Å². The van der Waals surface area contributed by atoms with Crippen molar-refractivity contribution in [3.8, 4) is 5.75 Å². The van der Waals surface area contributed by atoms with Crippen LogP contribution in [-0.4, -0.2) is 55.8 Å². The Morgan fingerprint density at radius 1 is 1.29 bits per heavy atom. The van der Waals surface area contributed by atoms with Crippen molar-refractivity contribution < 1.29 is 18.6 Å². The van der Waals surface area contributed by atoms with E-state index in [1.54, 1.807) is 17.0 Å². The van der Waals surface area contributed by atoms with Crippen LogP contribution in [0.4, 0.5) is 8.78 Å². The minimum absolute atomic E-state index is 0. The molecule has 1 atom stereocenters. The van der Waals surface area contributed by atoms with Crippen LogP contribution in [-0.2, 0) is 0 Å². The summed E-state index contributed by atoms with van der Waals surface area (Å²) >= 11 is 0. The van der Waals surface area contributed by atoms with E-state index in [0.29, 0.717) is 37.5 Å². The maximum absolute atomic E-state index is 14.6. The van der Waals surface area contributed by atoms with Gasteiger partial charge in [0.15, 0.2) is 0 Å². The second-order valence-corrected chi connectivity index (χ2v) is 6.26. The summed E-state index contributed by atoms with van der Waals surface area (Å²) in [6.07, 6.45) is 0. The number of ether oxygens (including phenoxy) is 1. The quantitative estimate of drug-likeness (QED) is 0.814. The van der Waals surface area contributed by atoms with Crippen LogP contribution < -0.4 is 10.1 Å². The number of hydrogen-bond acceptors (Lipinski definition) is 4. The SMILES string of the molecule is COc1ccc(C(C)C)cc1[C@@H](N1CCNCC1)C(F)(F)CO.Cl. The second kappa shape index (κ2) is 8.94. The first-order valence-corrected chi connectivity index (χ1v) is 8.02. The summed E-state index contributed by atoms with van der Waals surface area (Å²) in [6.45, 7) is 5.20. The Labute approximate surface area is 148 Å². The minimum atomic E-state index is -3.24. The highest BCUT2D eigenvalue weighted by Gasteiger charge is 2.45. The van der Waals surface area contributed by atoms with Gasteiger partial charge in [-0.25, -0.2) is 8.78 Å². The van der Waals surface area contributed by atoms with Crippen LogP contribution in [0.3, 0.4) is 0 Å². The number of aliphatic hydroxyl groups excluding tert-OH is 1. The molecule has 0 unspecified atom stereocenters. The summed E-state index contributed by atoms with van der Waals surface area (Å²) in [5.41, 5.74) is 1.43. The topological polar surface area (TPSA) is 44.7 Å². The fourth-order valence-electron chi connectivity index (χ4n) is 3.04. The maximum Gasteiger partial charge on any atom is 0.290 e. The van der Waals surface area contributed by atoms with Crippen molar-refractivity contribution in [2.45, 2.75) is 31.7 Å². The molecule has 0 bridgehead atoms. The molecule has 1 aromatic carbocycles. The van der Waals surface area contributed by atoms with Crippen molar-refractivity contribution in [3.05, 3.63) is 29.3 Å². The molecule has 1 aliphatic rings. The molecule has 1 saturated heterocycles. The number of methoxy groups -OCH3 is 1. The first kappa shape index (κ1) is 21.1. The summed E-state index contributed by atoms with van der Waals surface area (Å²) in [6, 6.07) is 4.25. The molecule has 0 aromatic heterocycles. The molecule has 0 amide bonds. The number of alkyl halides is 2. The zero-order valence-electron chi connectivity index (χ0n) is 14.4. The van der Waals surface area contributed by atoms with E-state index in [-0.39, 0.29) is 18.3 Å². The first-order chi connectivity index (χ1) is 10.9. The summed E-state index contributed by atoms with van der Waals surface area (Å²) in [7, 11) is 1.49. The van der Waals surface area contributed by atoms with Crippen LogP contribution >= 0.6 is 12.4 Å². The van der Waals surface area contributed by atoms with E-state index in [1.165, 1.54) is 7.11 Å². The molecule has 2 N–H and O–H groups in total. The Morgan fingerprint density at radius 2 is 1.92 bits per heavy atom. The highest BCUT2D eigenvalue weighted by molar-refractivity contribution is 5.85. The Balaban J connectivity index is 0.00000288. The zero-order valence-corrected chi connectivity index (χ0v) is 15.2. The van der Waals surface area contributed by atoms with Crippen LogP contribution in [0.2, 0.25) is 0 Å². The predicted octanol–water partition coefficient (Wildman–Crippen LogP) is 2.81. The lowest BCUT2D eigenvalue weighted by Gasteiger charge is -2.39. The Kier molecular flexibility index (Phi) is 7.86. The summed E-state index contributed by atoms with van der Waals surface area (Å²) in [4.78, 5) is 1.73. The van der Waals surface area contributed by atoms with Gasteiger partial charge >= 0.3 is 0 Å². The fraction of sp³-hybridized carbons (Fsp3) is 0.647. The number of nitrogens with zero attached hydrogens (tertiary/aromatic N) is 1. The molecule has 1 aliphatic heterocycles. The van der Waals surface area contributed by atoms with Crippen LogP contribution in [0.15, 0.2) is 18.2 Å². The third-order valence-corrected chi connectivity index (χ3v) is 4.34. The molecule has 24 heavy (non-hydrogen) atoms. The van der Waals surface area contributed by atoms with E-state index < -0.39 is 18.6 Å². The number of rotatable bonds is 6. The average Bonchev–Trinajstić information content (AvgIpc) is 2.55. The van der Waals surface area contributed by atoms with Crippen molar-refractivity contribution in [3.63, 3.8) is 0 Å². The molecule has 0 saturated carbocycles. The summed E-state index contributed by atoms with van der Waals surface area (Å²) in [5, 5.41) is 12.4. The van der Waals surface area contributed by atoms with Gasteiger partial charge in [-0.15, -0.1) is 12.4 Å². The van der Waals surface area contributed by atoms with Gasteiger partial charge in [-0.2, -0.15) is 0 Å². The van der Waals surface area contributed by atoms with Crippen LogP contribution in [0, 0.1) is 0 Å². The first-order valence-electron chi connectivity index (χ1n) is 8.02. The van der Waals surface area contributed by atoms with Gasteiger partial charge in [0, 0.05) is 31.7 Å². The van der Waals surface area contributed by atoms with E-state index in [2.05, 4.69) is 5.32 Å². The zero-order chi connectivity index (χ0) is 17.0. The fourth-order valence-corrected chi connectivity index (χ4v) is 3.04. The average molecular weight is 365 g/mol. The maximum atomic E-state index is 14.6. The molecule has 138 valence electrons. The molecule has 1 aromatic rings. The Morgan fingerprint density at radius 3 is 2.42 bits per heavy atom. The molecule has 4 nitrogen and oxygen atoms in total. The highest BCUT2D eigenvalue weighted by Crippen LogP contribution is 2.41. The molecule has 7 heteroatoms. The van der Waals surface area contributed by atoms with Crippen molar-refractivity contribution in [2.75, 3.05) is 39.9 Å². The molecular formula is C17H27ClF2N2O2. The van der Waals surface area contributed by atoms with Gasteiger partial charge in [0.25, 0.3) is 5.92 Å². The Hall–Kier alpha value is -0.950. The van der Waals surface area contributed by atoms with Crippen LogP contribution in [0.25, 0.3) is 0 Å². The molecule has 0 aliphatic carbocycles. The van der Waals surface area contributed by atoms with E-state index in [1.807, 2.05) is 19.9 Å². The molecular weight excluding hydrogens is 338 g/mol. The molecule has 0 spiro atoms. The normalized spacial score (nSPS) is 17.5. The number of piperazine rings is 1. The molecule has 0 radical (unpaired) electrons.